The normalized spacial score (nSPS) is 13.6. The highest BCUT2D eigenvalue weighted by Gasteiger charge is 2.21. The van der Waals surface area contributed by atoms with Gasteiger partial charge in [0.2, 0.25) is 0 Å². The Morgan fingerprint density at radius 2 is 2.06 bits per heavy atom. The van der Waals surface area contributed by atoms with E-state index >= 15 is 0 Å². The molecule has 0 spiro atoms. The molecule has 0 aliphatic heterocycles. The second-order valence-electron chi connectivity index (χ2n) is 4.89. The molecule has 1 aromatic rings. The molecule has 0 aliphatic rings. The fourth-order valence-electron chi connectivity index (χ4n) is 1.13. The molecule has 4 nitrogen and oxygen atoms in total. The first-order valence-electron chi connectivity index (χ1n) is 5.22. The Balaban J connectivity index is 2.61. The number of halogens is 1. The monoisotopic (exact) mass is 243 g/mol. The molecule has 16 heavy (non-hydrogen) atoms. The van der Waals surface area contributed by atoms with E-state index in [1.165, 1.54) is 0 Å². The van der Waals surface area contributed by atoms with E-state index in [0.717, 1.165) is 0 Å². The van der Waals surface area contributed by atoms with Crippen molar-refractivity contribution >= 4 is 17.4 Å². The molecule has 0 fully saturated rings. The molecule has 5 heteroatoms. The third-order valence-corrected chi connectivity index (χ3v) is 2.48. The van der Waals surface area contributed by atoms with E-state index in [-0.39, 0.29) is 5.41 Å². The largest absolute Gasteiger partial charge is 0.391 e. The predicted octanol–water partition coefficient (Wildman–Crippen LogP) is 2.26. The molecule has 90 valence electrons. The molecule has 0 amide bonds. The number of anilines is 1. The van der Waals surface area contributed by atoms with Gasteiger partial charge in [0.25, 0.3) is 0 Å². The zero-order chi connectivity index (χ0) is 12.3. The zero-order valence-corrected chi connectivity index (χ0v) is 10.8. The minimum absolute atomic E-state index is 0.154. The van der Waals surface area contributed by atoms with Crippen LogP contribution in [0, 0.1) is 12.3 Å². The molecule has 0 radical (unpaired) electrons. The van der Waals surface area contributed by atoms with Gasteiger partial charge in [-0.1, -0.05) is 32.4 Å². The van der Waals surface area contributed by atoms with Crippen molar-refractivity contribution in [3.05, 3.63) is 17.0 Å². The maximum Gasteiger partial charge on any atom is 0.134 e. The van der Waals surface area contributed by atoms with Crippen LogP contribution in [0.5, 0.6) is 0 Å². The van der Waals surface area contributed by atoms with Gasteiger partial charge in [0.15, 0.2) is 0 Å². The van der Waals surface area contributed by atoms with Gasteiger partial charge in [-0.3, -0.25) is 0 Å². The number of aromatic nitrogens is 2. The Kier molecular flexibility index (Phi) is 4.10. The number of aliphatic hydroxyl groups excluding tert-OH is 1. The first kappa shape index (κ1) is 13.2. The lowest BCUT2D eigenvalue weighted by Gasteiger charge is -2.26. The average molecular weight is 244 g/mol. The van der Waals surface area contributed by atoms with E-state index in [1.807, 2.05) is 20.8 Å². The molecule has 1 heterocycles. The third kappa shape index (κ3) is 3.94. The van der Waals surface area contributed by atoms with Gasteiger partial charge in [-0.15, -0.1) is 0 Å². The highest BCUT2D eigenvalue weighted by molar-refractivity contribution is 6.29. The number of hydrogen-bond acceptors (Lipinski definition) is 4. The van der Waals surface area contributed by atoms with Gasteiger partial charge in [-0.05, 0) is 12.3 Å². The second-order valence-corrected chi connectivity index (χ2v) is 5.27. The number of nitrogens with zero attached hydrogens (tertiary/aromatic N) is 2. The molecule has 1 atom stereocenters. The second kappa shape index (κ2) is 4.97. The lowest BCUT2D eigenvalue weighted by molar-refractivity contribution is 0.0745. The maximum atomic E-state index is 9.85. The highest BCUT2D eigenvalue weighted by Crippen LogP contribution is 2.19. The van der Waals surface area contributed by atoms with Gasteiger partial charge >= 0.3 is 0 Å². The Hall–Kier alpha value is -0.870. The fraction of sp³-hybridized carbons (Fsp3) is 0.636. The van der Waals surface area contributed by atoms with Crippen LogP contribution in [-0.4, -0.2) is 27.7 Å². The van der Waals surface area contributed by atoms with E-state index in [0.29, 0.717) is 23.3 Å². The Morgan fingerprint density at radius 1 is 1.44 bits per heavy atom. The van der Waals surface area contributed by atoms with Gasteiger partial charge < -0.3 is 10.4 Å². The zero-order valence-electron chi connectivity index (χ0n) is 10.1. The summed E-state index contributed by atoms with van der Waals surface area (Å²) in [5.74, 6) is 1.25. The summed E-state index contributed by atoms with van der Waals surface area (Å²) in [7, 11) is 0. The van der Waals surface area contributed by atoms with Crippen molar-refractivity contribution in [1.29, 1.82) is 0 Å². The molecule has 0 aliphatic carbocycles. The van der Waals surface area contributed by atoms with Gasteiger partial charge in [-0.25, -0.2) is 9.97 Å². The summed E-state index contributed by atoms with van der Waals surface area (Å²) in [6.45, 7) is 8.17. The number of rotatable bonds is 3. The van der Waals surface area contributed by atoms with Crippen molar-refractivity contribution < 1.29 is 5.11 Å². The molecule has 1 aromatic heterocycles. The smallest absolute Gasteiger partial charge is 0.134 e. The van der Waals surface area contributed by atoms with Crippen LogP contribution in [0.2, 0.25) is 5.15 Å². The summed E-state index contributed by atoms with van der Waals surface area (Å²) in [5.41, 5.74) is -0.154. The van der Waals surface area contributed by atoms with Crippen molar-refractivity contribution in [2.45, 2.75) is 33.8 Å². The summed E-state index contributed by atoms with van der Waals surface area (Å²) >= 11 is 5.80. The van der Waals surface area contributed by atoms with Crippen molar-refractivity contribution in [2.75, 3.05) is 11.9 Å². The topological polar surface area (TPSA) is 58.0 Å². The molecule has 1 unspecified atom stereocenters. The van der Waals surface area contributed by atoms with E-state index in [4.69, 9.17) is 11.6 Å². The van der Waals surface area contributed by atoms with Crippen LogP contribution in [0.3, 0.4) is 0 Å². The quantitative estimate of drug-likeness (QED) is 0.800. The van der Waals surface area contributed by atoms with Crippen molar-refractivity contribution in [2.24, 2.45) is 5.41 Å². The first-order chi connectivity index (χ1) is 7.29. The van der Waals surface area contributed by atoms with Crippen LogP contribution >= 0.6 is 11.6 Å². The van der Waals surface area contributed by atoms with Crippen LogP contribution < -0.4 is 5.32 Å². The minimum Gasteiger partial charge on any atom is -0.391 e. The number of hydrogen-bond donors (Lipinski definition) is 2. The van der Waals surface area contributed by atoms with Crippen molar-refractivity contribution in [1.82, 2.24) is 9.97 Å². The third-order valence-electron chi connectivity index (χ3n) is 2.28. The van der Waals surface area contributed by atoms with Crippen molar-refractivity contribution in [3.8, 4) is 0 Å². The fourth-order valence-corrected chi connectivity index (χ4v) is 1.35. The molecule has 0 bridgehead atoms. The van der Waals surface area contributed by atoms with Crippen LogP contribution in [0.15, 0.2) is 6.07 Å². The average Bonchev–Trinajstić information content (AvgIpc) is 2.11. The van der Waals surface area contributed by atoms with E-state index in [1.54, 1.807) is 13.0 Å². The molecular formula is C11H18ClN3O. The Labute approximate surface area is 101 Å². The maximum absolute atomic E-state index is 9.85. The molecule has 0 saturated carbocycles. The summed E-state index contributed by atoms with van der Waals surface area (Å²) in [5, 5.41) is 13.3. The Morgan fingerprint density at radius 3 is 2.56 bits per heavy atom. The Bertz CT molecular complexity index is 342. The summed E-state index contributed by atoms with van der Waals surface area (Å²) in [6.07, 6.45) is -0.443. The van der Waals surface area contributed by atoms with E-state index in [2.05, 4.69) is 15.3 Å². The summed E-state index contributed by atoms with van der Waals surface area (Å²) < 4.78 is 0. The minimum atomic E-state index is -0.443. The van der Waals surface area contributed by atoms with Crippen LogP contribution in [0.25, 0.3) is 0 Å². The number of nitrogens with one attached hydrogen (secondary N) is 1. The van der Waals surface area contributed by atoms with Gasteiger partial charge in [0, 0.05) is 12.6 Å². The summed E-state index contributed by atoms with van der Waals surface area (Å²) in [6, 6.07) is 1.64. The molecule has 1 rings (SSSR count). The van der Waals surface area contributed by atoms with Crippen LogP contribution in [-0.2, 0) is 0 Å². The molecule has 2 N–H and O–H groups in total. The SMILES string of the molecule is Cc1nc(Cl)cc(NCC(O)C(C)(C)C)n1. The van der Waals surface area contributed by atoms with E-state index in [9.17, 15) is 5.11 Å². The highest BCUT2D eigenvalue weighted by atomic mass is 35.5. The van der Waals surface area contributed by atoms with Gasteiger partial charge in [-0.2, -0.15) is 0 Å². The van der Waals surface area contributed by atoms with Crippen LogP contribution in [0.4, 0.5) is 5.82 Å². The first-order valence-corrected chi connectivity index (χ1v) is 5.60. The molecule has 0 aromatic carbocycles. The lowest BCUT2D eigenvalue weighted by Crippen LogP contribution is -2.33. The standard InChI is InChI=1S/C11H18ClN3O/c1-7-14-9(12)5-10(15-7)13-6-8(16)11(2,3)4/h5,8,16H,6H2,1-4H3,(H,13,14,15). The van der Waals surface area contributed by atoms with Gasteiger partial charge in [0.05, 0.1) is 6.10 Å². The molecular weight excluding hydrogens is 226 g/mol. The number of aliphatic hydroxyl groups is 1. The predicted molar refractivity (Wildman–Crippen MR) is 65.7 cm³/mol. The number of aryl methyl sites for hydroxylation is 1. The van der Waals surface area contributed by atoms with Crippen molar-refractivity contribution in [3.63, 3.8) is 0 Å². The van der Waals surface area contributed by atoms with Gasteiger partial charge in [0.1, 0.15) is 16.8 Å². The lowest BCUT2D eigenvalue weighted by atomic mass is 9.89. The molecule has 0 saturated heterocycles. The van der Waals surface area contributed by atoms with E-state index < -0.39 is 6.10 Å². The summed E-state index contributed by atoms with van der Waals surface area (Å²) in [4.78, 5) is 8.13. The van der Waals surface area contributed by atoms with Crippen LogP contribution in [0.1, 0.15) is 26.6 Å².